The van der Waals surface area contributed by atoms with E-state index in [1.165, 1.54) is 0 Å². The first-order valence-corrected chi connectivity index (χ1v) is 7.00. The Balaban J connectivity index is 0. The van der Waals surface area contributed by atoms with Gasteiger partial charge in [-0.1, -0.05) is 0 Å². The van der Waals surface area contributed by atoms with Crippen molar-refractivity contribution in [3.05, 3.63) is 0 Å². The van der Waals surface area contributed by atoms with Crippen molar-refractivity contribution in [1.82, 2.24) is 5.32 Å². The van der Waals surface area contributed by atoms with Crippen molar-refractivity contribution in [2.24, 2.45) is 0 Å². The lowest BCUT2D eigenvalue weighted by molar-refractivity contribution is 0.123. The minimum Gasteiger partial charge on any atom is -0.397 e. The van der Waals surface area contributed by atoms with Gasteiger partial charge in [-0.15, -0.1) is 0 Å². The molecule has 0 heterocycles. The molecule has 15 heavy (non-hydrogen) atoms. The largest absolute Gasteiger partial charge is 0.500 e. The second-order valence-corrected chi connectivity index (χ2v) is 5.91. The van der Waals surface area contributed by atoms with Gasteiger partial charge in [-0.3, -0.25) is 0 Å². The maximum atomic E-state index is 7.57. The highest BCUT2D eigenvalue weighted by atomic mass is 28.4. The number of hydrogen-bond acceptors (Lipinski definition) is 5. The van der Waals surface area contributed by atoms with Crippen molar-refractivity contribution in [3.8, 4) is 0 Å². The van der Waals surface area contributed by atoms with Crippen LogP contribution in [0.3, 0.4) is 0 Å². The third-order valence-electron chi connectivity index (χ3n) is 1.84. The van der Waals surface area contributed by atoms with Gasteiger partial charge in [0.2, 0.25) is 0 Å². The molecule has 0 saturated carbocycles. The molecule has 0 aliphatic rings. The van der Waals surface area contributed by atoms with E-state index >= 15 is 0 Å². The zero-order valence-electron chi connectivity index (χ0n) is 10.5. The number of aliphatic hydroxyl groups excluding tert-OH is 1. The van der Waals surface area contributed by atoms with Gasteiger partial charge in [0.25, 0.3) is 0 Å². The quantitative estimate of drug-likeness (QED) is 0.500. The highest BCUT2D eigenvalue weighted by Gasteiger charge is 2.36. The molecular formula is C9H25NO4Si. The van der Waals surface area contributed by atoms with E-state index in [4.69, 9.17) is 18.4 Å². The average Bonchev–Trinajstić information content (AvgIpc) is 2.27. The summed E-state index contributed by atoms with van der Waals surface area (Å²) in [7, 11) is 4.54. The molecule has 0 bridgehead atoms. The molecule has 0 fully saturated rings. The third-order valence-corrected chi connectivity index (χ3v) is 4.67. The SMILES string of the molecule is CCO.CNCCC[Si](OC)(OC)OC. The van der Waals surface area contributed by atoms with Crippen molar-refractivity contribution in [3.63, 3.8) is 0 Å². The first kappa shape index (κ1) is 17.4. The fourth-order valence-electron chi connectivity index (χ4n) is 1.04. The molecule has 5 nitrogen and oxygen atoms in total. The highest BCUT2D eigenvalue weighted by molar-refractivity contribution is 6.60. The molecule has 0 aromatic heterocycles. The Labute approximate surface area is 94.1 Å². The first-order valence-electron chi connectivity index (χ1n) is 5.07. The maximum absolute atomic E-state index is 7.57. The van der Waals surface area contributed by atoms with Crippen molar-refractivity contribution in [1.29, 1.82) is 0 Å². The molecule has 0 amide bonds. The summed E-state index contributed by atoms with van der Waals surface area (Å²) in [6.07, 6.45) is 1.01. The van der Waals surface area contributed by atoms with E-state index in [1.807, 2.05) is 7.05 Å². The molecule has 0 rings (SSSR count). The summed E-state index contributed by atoms with van der Waals surface area (Å²) in [6, 6.07) is 0.858. The van der Waals surface area contributed by atoms with Crippen LogP contribution in [0.2, 0.25) is 6.04 Å². The fourth-order valence-corrected chi connectivity index (χ4v) is 2.76. The zero-order chi connectivity index (χ0) is 12.2. The summed E-state index contributed by atoms with van der Waals surface area (Å²) in [6.45, 7) is 2.89. The first-order chi connectivity index (χ1) is 7.16. The van der Waals surface area contributed by atoms with Crippen LogP contribution in [0, 0.1) is 0 Å². The van der Waals surface area contributed by atoms with Crippen LogP contribution in [0.5, 0.6) is 0 Å². The highest BCUT2D eigenvalue weighted by Crippen LogP contribution is 2.13. The Morgan fingerprint density at radius 3 is 1.80 bits per heavy atom. The Hall–Kier alpha value is 0.0169. The smallest absolute Gasteiger partial charge is 0.397 e. The van der Waals surface area contributed by atoms with Crippen LogP contribution in [0.15, 0.2) is 0 Å². The van der Waals surface area contributed by atoms with E-state index in [1.54, 1.807) is 28.3 Å². The molecule has 94 valence electrons. The van der Waals surface area contributed by atoms with Gasteiger partial charge in [0, 0.05) is 34.0 Å². The van der Waals surface area contributed by atoms with Crippen molar-refractivity contribution in [2.45, 2.75) is 19.4 Å². The van der Waals surface area contributed by atoms with Crippen LogP contribution in [0.4, 0.5) is 0 Å². The van der Waals surface area contributed by atoms with Gasteiger partial charge in [-0.2, -0.15) is 0 Å². The van der Waals surface area contributed by atoms with E-state index in [2.05, 4.69) is 5.32 Å². The van der Waals surface area contributed by atoms with Gasteiger partial charge in [0.15, 0.2) is 0 Å². The fraction of sp³-hybridized carbons (Fsp3) is 1.00. The lowest BCUT2D eigenvalue weighted by Crippen LogP contribution is -2.43. The normalized spacial score (nSPS) is 10.8. The van der Waals surface area contributed by atoms with Crippen molar-refractivity contribution < 1.29 is 18.4 Å². The van der Waals surface area contributed by atoms with Crippen LogP contribution in [0.1, 0.15) is 13.3 Å². The van der Waals surface area contributed by atoms with E-state index < -0.39 is 8.80 Å². The molecular weight excluding hydrogens is 214 g/mol. The minimum atomic E-state index is -2.29. The molecule has 0 unspecified atom stereocenters. The molecule has 0 saturated heterocycles. The van der Waals surface area contributed by atoms with E-state index in [9.17, 15) is 0 Å². The number of rotatable bonds is 7. The van der Waals surface area contributed by atoms with Gasteiger partial charge < -0.3 is 23.7 Å². The van der Waals surface area contributed by atoms with Gasteiger partial charge in [0.05, 0.1) is 0 Å². The van der Waals surface area contributed by atoms with Gasteiger partial charge in [-0.25, -0.2) is 0 Å². The summed E-state index contributed by atoms with van der Waals surface area (Å²) >= 11 is 0. The van der Waals surface area contributed by atoms with E-state index in [0.717, 1.165) is 19.0 Å². The molecule has 0 aromatic rings. The summed E-state index contributed by atoms with van der Waals surface area (Å²) < 4.78 is 15.7. The molecule has 0 atom stereocenters. The molecule has 2 N–H and O–H groups in total. The predicted octanol–water partition coefficient (Wildman–Crippen LogP) is 0.473. The number of nitrogens with one attached hydrogen (secondary N) is 1. The zero-order valence-corrected chi connectivity index (χ0v) is 11.5. The van der Waals surface area contributed by atoms with Gasteiger partial charge in [-0.05, 0) is 26.9 Å². The van der Waals surface area contributed by atoms with E-state index in [0.29, 0.717) is 0 Å². The molecule has 0 spiro atoms. The second kappa shape index (κ2) is 12.1. The van der Waals surface area contributed by atoms with Crippen molar-refractivity contribution in [2.75, 3.05) is 41.5 Å². The molecule has 0 aliphatic carbocycles. The lowest BCUT2D eigenvalue weighted by Gasteiger charge is -2.24. The monoisotopic (exact) mass is 239 g/mol. The Bertz CT molecular complexity index is 114. The average molecular weight is 239 g/mol. The Morgan fingerprint density at radius 2 is 1.53 bits per heavy atom. The second-order valence-electron chi connectivity index (χ2n) is 2.82. The van der Waals surface area contributed by atoms with E-state index in [-0.39, 0.29) is 6.61 Å². The third kappa shape index (κ3) is 8.98. The van der Waals surface area contributed by atoms with Crippen LogP contribution in [0.25, 0.3) is 0 Å². The van der Waals surface area contributed by atoms with Crippen molar-refractivity contribution >= 4 is 8.80 Å². The molecule has 6 heteroatoms. The summed E-state index contributed by atoms with van der Waals surface area (Å²) in [5.74, 6) is 0. The van der Waals surface area contributed by atoms with Crippen LogP contribution in [-0.4, -0.2) is 55.4 Å². The summed E-state index contributed by atoms with van der Waals surface area (Å²) in [5, 5.41) is 10.6. The topological polar surface area (TPSA) is 60.0 Å². The molecule has 0 aromatic carbocycles. The molecule has 0 radical (unpaired) electrons. The number of aliphatic hydroxyl groups is 1. The van der Waals surface area contributed by atoms with Crippen LogP contribution in [-0.2, 0) is 13.3 Å². The van der Waals surface area contributed by atoms with Crippen LogP contribution < -0.4 is 5.32 Å². The predicted molar refractivity (Wildman–Crippen MR) is 62.9 cm³/mol. The summed E-state index contributed by atoms with van der Waals surface area (Å²) in [4.78, 5) is 0. The standard InChI is InChI=1S/C7H19NO3Si.C2H6O/c1-8-6-5-7-12(9-2,10-3)11-4;1-2-3/h8H,5-7H2,1-4H3;3H,2H2,1H3. The Kier molecular flexibility index (Phi) is 14.0. The van der Waals surface area contributed by atoms with Crippen LogP contribution >= 0.6 is 0 Å². The number of hydrogen-bond donors (Lipinski definition) is 2. The lowest BCUT2D eigenvalue weighted by atomic mass is 10.5. The summed E-state index contributed by atoms with van der Waals surface area (Å²) in [5.41, 5.74) is 0. The molecule has 0 aliphatic heterocycles. The maximum Gasteiger partial charge on any atom is 0.500 e. The van der Waals surface area contributed by atoms with Gasteiger partial charge >= 0.3 is 8.80 Å². The van der Waals surface area contributed by atoms with Gasteiger partial charge in [0.1, 0.15) is 0 Å². The minimum absolute atomic E-state index is 0.250. The Morgan fingerprint density at radius 1 is 1.13 bits per heavy atom.